The molecule has 1 N–H and O–H groups in total. The second-order valence-electron chi connectivity index (χ2n) is 5.25. The second kappa shape index (κ2) is 5.98. The van der Waals surface area contributed by atoms with Crippen LogP contribution in [-0.4, -0.2) is 30.6 Å². The van der Waals surface area contributed by atoms with Crippen LogP contribution >= 0.6 is 11.3 Å². The van der Waals surface area contributed by atoms with Crippen molar-refractivity contribution in [2.45, 2.75) is 45.7 Å². The smallest absolute Gasteiger partial charge is 0.0388 e. The Balaban J connectivity index is 1.79. The third kappa shape index (κ3) is 3.80. The standard InChI is InChI=1S/C14H24N2S/c1-11(10-16-8-4-5-9-16)15-13(3)14-7-6-12(2)17-14/h6-7,11,13,15H,4-5,8-10H2,1-3H3. The molecule has 1 aliphatic heterocycles. The maximum Gasteiger partial charge on any atom is 0.0388 e. The van der Waals surface area contributed by atoms with Crippen molar-refractivity contribution in [2.24, 2.45) is 0 Å². The van der Waals surface area contributed by atoms with E-state index >= 15 is 0 Å². The second-order valence-corrected chi connectivity index (χ2v) is 6.57. The molecule has 2 rings (SSSR count). The first kappa shape index (κ1) is 13.1. The van der Waals surface area contributed by atoms with Crippen molar-refractivity contribution >= 4 is 11.3 Å². The Morgan fingerprint density at radius 1 is 1.29 bits per heavy atom. The molecule has 17 heavy (non-hydrogen) atoms. The molecule has 1 aliphatic rings. The summed E-state index contributed by atoms with van der Waals surface area (Å²) >= 11 is 1.90. The lowest BCUT2D eigenvalue weighted by atomic mass is 10.2. The van der Waals surface area contributed by atoms with Crippen molar-refractivity contribution in [3.05, 3.63) is 21.9 Å². The molecule has 1 saturated heterocycles. The Morgan fingerprint density at radius 3 is 2.59 bits per heavy atom. The van der Waals surface area contributed by atoms with E-state index in [9.17, 15) is 0 Å². The molecule has 0 bridgehead atoms. The van der Waals surface area contributed by atoms with Gasteiger partial charge in [0.25, 0.3) is 0 Å². The quantitative estimate of drug-likeness (QED) is 0.866. The van der Waals surface area contributed by atoms with Gasteiger partial charge in [0.15, 0.2) is 0 Å². The molecule has 0 saturated carbocycles. The summed E-state index contributed by atoms with van der Waals surface area (Å²) in [6.07, 6.45) is 2.76. The first-order chi connectivity index (χ1) is 8.15. The molecule has 2 atom stereocenters. The van der Waals surface area contributed by atoms with Crippen molar-refractivity contribution in [2.75, 3.05) is 19.6 Å². The van der Waals surface area contributed by atoms with Crippen LogP contribution in [0, 0.1) is 6.92 Å². The Bertz CT molecular complexity index is 342. The van der Waals surface area contributed by atoms with Gasteiger partial charge < -0.3 is 10.2 Å². The summed E-state index contributed by atoms with van der Waals surface area (Å²) in [4.78, 5) is 5.43. The van der Waals surface area contributed by atoms with Crippen LogP contribution in [0.1, 0.15) is 42.5 Å². The van der Waals surface area contributed by atoms with Gasteiger partial charge in [-0.1, -0.05) is 0 Å². The molecular weight excluding hydrogens is 228 g/mol. The average molecular weight is 252 g/mol. The molecule has 2 nitrogen and oxygen atoms in total. The predicted octanol–water partition coefficient (Wildman–Crippen LogP) is 3.19. The van der Waals surface area contributed by atoms with Gasteiger partial charge in [-0.3, -0.25) is 0 Å². The summed E-state index contributed by atoms with van der Waals surface area (Å²) in [6.45, 7) is 10.5. The van der Waals surface area contributed by atoms with E-state index in [-0.39, 0.29) is 0 Å². The normalized spacial score (nSPS) is 20.6. The Morgan fingerprint density at radius 2 is 2.00 bits per heavy atom. The SMILES string of the molecule is Cc1ccc(C(C)NC(C)CN2CCCC2)s1. The summed E-state index contributed by atoms with van der Waals surface area (Å²) in [5.41, 5.74) is 0. The van der Waals surface area contributed by atoms with Crippen molar-refractivity contribution in [3.8, 4) is 0 Å². The average Bonchev–Trinajstić information content (AvgIpc) is 2.89. The molecule has 1 fully saturated rings. The van der Waals surface area contributed by atoms with Crippen molar-refractivity contribution < 1.29 is 0 Å². The summed E-state index contributed by atoms with van der Waals surface area (Å²) in [7, 11) is 0. The molecular formula is C14H24N2S. The van der Waals surface area contributed by atoms with Crippen LogP contribution in [0.5, 0.6) is 0 Å². The number of hydrogen-bond donors (Lipinski definition) is 1. The minimum atomic E-state index is 0.478. The highest BCUT2D eigenvalue weighted by Crippen LogP contribution is 2.22. The zero-order chi connectivity index (χ0) is 12.3. The highest BCUT2D eigenvalue weighted by atomic mass is 32.1. The van der Waals surface area contributed by atoms with Gasteiger partial charge in [-0.15, -0.1) is 11.3 Å². The fourth-order valence-corrected chi connectivity index (χ4v) is 3.49. The van der Waals surface area contributed by atoms with Gasteiger partial charge in [0.2, 0.25) is 0 Å². The lowest BCUT2D eigenvalue weighted by molar-refractivity contribution is 0.290. The maximum atomic E-state index is 3.71. The molecule has 0 amide bonds. The lowest BCUT2D eigenvalue weighted by Gasteiger charge is -2.24. The summed E-state index contributed by atoms with van der Waals surface area (Å²) in [5.74, 6) is 0. The van der Waals surface area contributed by atoms with Crippen LogP contribution < -0.4 is 5.32 Å². The van der Waals surface area contributed by atoms with Crippen molar-refractivity contribution in [1.82, 2.24) is 10.2 Å². The molecule has 2 unspecified atom stereocenters. The van der Waals surface area contributed by atoms with Gasteiger partial charge in [-0.2, -0.15) is 0 Å². The zero-order valence-electron chi connectivity index (χ0n) is 11.2. The van der Waals surface area contributed by atoms with Crippen LogP contribution in [0.2, 0.25) is 0 Å². The van der Waals surface area contributed by atoms with Crippen molar-refractivity contribution in [3.63, 3.8) is 0 Å². The Kier molecular flexibility index (Phi) is 4.60. The zero-order valence-corrected chi connectivity index (χ0v) is 12.0. The van der Waals surface area contributed by atoms with E-state index in [4.69, 9.17) is 0 Å². The number of hydrogen-bond acceptors (Lipinski definition) is 3. The fourth-order valence-electron chi connectivity index (χ4n) is 2.60. The third-order valence-electron chi connectivity index (χ3n) is 3.45. The molecule has 1 aromatic heterocycles. The molecule has 1 aromatic rings. The number of likely N-dealkylation sites (tertiary alicyclic amines) is 1. The van der Waals surface area contributed by atoms with Gasteiger partial charge in [-0.25, -0.2) is 0 Å². The highest BCUT2D eigenvalue weighted by Gasteiger charge is 2.16. The van der Waals surface area contributed by atoms with E-state index in [0.29, 0.717) is 12.1 Å². The number of aryl methyl sites for hydroxylation is 1. The summed E-state index contributed by atoms with van der Waals surface area (Å²) < 4.78 is 0. The summed E-state index contributed by atoms with van der Waals surface area (Å²) in [5, 5.41) is 3.71. The molecule has 0 aliphatic carbocycles. The summed E-state index contributed by atoms with van der Waals surface area (Å²) in [6, 6.07) is 5.51. The van der Waals surface area contributed by atoms with Gasteiger partial charge >= 0.3 is 0 Å². The van der Waals surface area contributed by atoms with Crippen molar-refractivity contribution in [1.29, 1.82) is 0 Å². The van der Waals surface area contributed by atoms with E-state index in [1.165, 1.54) is 42.2 Å². The minimum absolute atomic E-state index is 0.478. The Hall–Kier alpha value is -0.380. The van der Waals surface area contributed by atoms with Crippen LogP contribution in [-0.2, 0) is 0 Å². The predicted molar refractivity (Wildman–Crippen MR) is 75.7 cm³/mol. The van der Waals surface area contributed by atoms with Gasteiger partial charge in [0, 0.05) is 28.4 Å². The minimum Gasteiger partial charge on any atom is -0.306 e. The third-order valence-corrected chi connectivity index (χ3v) is 4.64. The van der Waals surface area contributed by atoms with Crippen LogP contribution in [0.15, 0.2) is 12.1 Å². The lowest BCUT2D eigenvalue weighted by Crippen LogP contribution is -2.38. The molecule has 0 aromatic carbocycles. The first-order valence-corrected chi connectivity index (χ1v) is 7.51. The number of nitrogens with one attached hydrogen (secondary N) is 1. The van der Waals surface area contributed by atoms with Crippen LogP contribution in [0.4, 0.5) is 0 Å². The fraction of sp³-hybridized carbons (Fsp3) is 0.714. The number of thiophene rings is 1. The molecule has 2 heterocycles. The monoisotopic (exact) mass is 252 g/mol. The first-order valence-electron chi connectivity index (χ1n) is 6.70. The van der Waals surface area contributed by atoms with E-state index in [0.717, 1.165) is 0 Å². The van der Waals surface area contributed by atoms with Gasteiger partial charge in [-0.05, 0) is 58.8 Å². The van der Waals surface area contributed by atoms with Crippen LogP contribution in [0.25, 0.3) is 0 Å². The maximum absolute atomic E-state index is 3.71. The van der Waals surface area contributed by atoms with E-state index in [1.807, 2.05) is 11.3 Å². The Labute approximate surface area is 109 Å². The van der Waals surface area contributed by atoms with Gasteiger partial charge in [0.05, 0.1) is 0 Å². The largest absolute Gasteiger partial charge is 0.306 e. The number of rotatable bonds is 5. The topological polar surface area (TPSA) is 15.3 Å². The highest BCUT2D eigenvalue weighted by molar-refractivity contribution is 7.12. The molecule has 96 valence electrons. The van der Waals surface area contributed by atoms with E-state index < -0.39 is 0 Å². The van der Waals surface area contributed by atoms with Crippen LogP contribution in [0.3, 0.4) is 0 Å². The molecule has 3 heteroatoms. The van der Waals surface area contributed by atoms with E-state index in [1.54, 1.807) is 0 Å². The van der Waals surface area contributed by atoms with E-state index in [2.05, 4.69) is 43.1 Å². The van der Waals surface area contributed by atoms with Gasteiger partial charge in [0.1, 0.15) is 0 Å². The molecule has 0 radical (unpaired) electrons. The number of nitrogens with zero attached hydrogens (tertiary/aromatic N) is 1. The molecule has 0 spiro atoms.